The highest BCUT2D eigenvalue weighted by Gasteiger charge is 2.71. The molecule has 2 bridgehead atoms. The summed E-state index contributed by atoms with van der Waals surface area (Å²) in [5, 5.41) is 97.3. The van der Waals surface area contributed by atoms with Gasteiger partial charge in [0.25, 0.3) is 0 Å². The first kappa shape index (κ1) is 48.2. The molecular formula is C47H72O18. The normalized spacial score (nSPS) is 57.5. The molecule has 9 rings (SSSR count). The first-order chi connectivity index (χ1) is 30.4. The Bertz CT molecular complexity index is 1880. The Kier molecular flexibility index (Phi) is 12.1. The third kappa shape index (κ3) is 7.00. The molecule has 0 aromatic carbocycles. The summed E-state index contributed by atoms with van der Waals surface area (Å²) in [7, 11) is 0. The summed E-state index contributed by atoms with van der Waals surface area (Å²) in [5.41, 5.74) is -0.509. The van der Waals surface area contributed by atoms with Crippen molar-refractivity contribution in [1.29, 1.82) is 0 Å². The number of carboxylic acids is 1. The van der Waals surface area contributed by atoms with Gasteiger partial charge >= 0.3 is 11.9 Å². The predicted molar refractivity (Wildman–Crippen MR) is 223 cm³/mol. The molecule has 0 radical (unpaired) electrons. The fourth-order valence-corrected chi connectivity index (χ4v) is 15.2. The molecule has 18 nitrogen and oxygen atoms in total. The summed E-state index contributed by atoms with van der Waals surface area (Å²) in [6, 6.07) is 0. The molecule has 25 atom stereocenters. The number of allylic oxidation sites excluding steroid dienone is 2. The number of hydrogen-bond acceptors (Lipinski definition) is 17. The van der Waals surface area contributed by atoms with Crippen molar-refractivity contribution in [2.24, 2.45) is 50.2 Å². The average molecular weight is 925 g/mol. The van der Waals surface area contributed by atoms with Crippen LogP contribution in [0.4, 0.5) is 0 Å². The first-order valence-electron chi connectivity index (χ1n) is 23.8. The van der Waals surface area contributed by atoms with Crippen LogP contribution in [0.1, 0.15) is 106 Å². The van der Waals surface area contributed by atoms with Gasteiger partial charge in [0.15, 0.2) is 25.0 Å². The van der Waals surface area contributed by atoms with Crippen LogP contribution in [0.5, 0.6) is 0 Å². The minimum Gasteiger partial charge on any atom is -0.479 e. The standard InChI is InChI=1S/C47H72O18/c1-20-28(50)30(52)33(55)38(60-20)64-35-29(51)23(49)18-59-39(35)65-36-32(54)31(53)34(37(56)57)63-40(36)61-26-11-12-44(4)24(45(26,5)19-48)10-13-47(7)25(44)9-8-21-22-16-42(2)17-27(62-41(42)58)43(22,3)14-15-46(21,47)6/h8,20,22-36,38-40,48-55H,9-19H2,1-7H3,(H,56,57)/t20-,22-,23-,24+,25+,26-,27+,28-,29-,30+,31-,32-,33+,34-,35+,36+,38-,39-,40+,42+,43+,44-,45+,46+,47+/m0/s1. The van der Waals surface area contributed by atoms with Crippen molar-refractivity contribution in [3.8, 4) is 0 Å². The van der Waals surface area contributed by atoms with Gasteiger partial charge in [-0.05, 0) is 99.2 Å². The number of aliphatic carboxylic acids is 1. The molecule has 5 aliphatic carbocycles. The van der Waals surface area contributed by atoms with Crippen LogP contribution in [0.25, 0.3) is 0 Å². The van der Waals surface area contributed by atoms with Gasteiger partial charge in [-0.3, -0.25) is 4.79 Å². The number of esters is 1. The molecule has 0 aromatic heterocycles. The summed E-state index contributed by atoms with van der Waals surface area (Å²) in [4.78, 5) is 25.6. The van der Waals surface area contributed by atoms with E-state index < -0.39 is 116 Å². The van der Waals surface area contributed by atoms with Gasteiger partial charge in [0, 0.05) is 17.3 Å². The number of rotatable bonds is 8. The summed E-state index contributed by atoms with van der Waals surface area (Å²) < 4.78 is 42.1. The lowest BCUT2D eigenvalue weighted by atomic mass is 9.33. The number of aliphatic hydroxyl groups is 8. The lowest BCUT2D eigenvalue weighted by Crippen LogP contribution is -2.68. The Labute approximate surface area is 379 Å². The molecule has 9 aliphatic rings. The number of carboxylic acid groups (broad SMARTS) is 1. The van der Waals surface area contributed by atoms with E-state index in [2.05, 4.69) is 40.7 Å². The second-order valence-electron chi connectivity index (χ2n) is 22.9. The Morgan fingerprint density at radius 1 is 0.738 bits per heavy atom. The van der Waals surface area contributed by atoms with Crippen LogP contribution < -0.4 is 0 Å². The minimum absolute atomic E-state index is 0.0669. The van der Waals surface area contributed by atoms with Crippen LogP contribution in [-0.4, -0.2) is 169 Å². The predicted octanol–water partition coefficient (Wildman–Crippen LogP) is 0.888. The third-order valence-corrected chi connectivity index (χ3v) is 19.6. The molecule has 368 valence electrons. The minimum atomic E-state index is -2.02. The van der Waals surface area contributed by atoms with Crippen molar-refractivity contribution >= 4 is 11.9 Å². The van der Waals surface area contributed by atoms with Crippen molar-refractivity contribution in [2.45, 2.75) is 204 Å². The monoisotopic (exact) mass is 924 g/mol. The van der Waals surface area contributed by atoms with Crippen molar-refractivity contribution in [1.82, 2.24) is 0 Å². The fourth-order valence-electron chi connectivity index (χ4n) is 15.2. The fraction of sp³-hybridized carbons (Fsp3) is 0.915. The van der Waals surface area contributed by atoms with E-state index in [-0.39, 0.29) is 58.1 Å². The molecule has 4 saturated carbocycles. The maximum absolute atomic E-state index is 13.2. The molecule has 4 saturated heterocycles. The van der Waals surface area contributed by atoms with Crippen molar-refractivity contribution in [3.63, 3.8) is 0 Å². The van der Waals surface area contributed by atoms with E-state index in [1.165, 1.54) is 12.5 Å². The van der Waals surface area contributed by atoms with Crippen LogP contribution in [0.2, 0.25) is 0 Å². The van der Waals surface area contributed by atoms with Crippen molar-refractivity contribution < 1.29 is 88.7 Å². The molecule has 0 unspecified atom stereocenters. The Morgan fingerprint density at radius 3 is 2.12 bits per heavy atom. The highest BCUT2D eigenvalue weighted by Crippen LogP contribution is 2.76. The summed E-state index contributed by atoms with van der Waals surface area (Å²) >= 11 is 0. The van der Waals surface area contributed by atoms with Crippen LogP contribution in [0.15, 0.2) is 11.6 Å². The van der Waals surface area contributed by atoms with Gasteiger partial charge in [-0.25, -0.2) is 4.79 Å². The van der Waals surface area contributed by atoms with Gasteiger partial charge in [0.05, 0.1) is 30.8 Å². The van der Waals surface area contributed by atoms with E-state index in [1.54, 1.807) is 0 Å². The molecule has 4 aliphatic heterocycles. The highest BCUT2D eigenvalue weighted by atomic mass is 16.8. The van der Waals surface area contributed by atoms with Gasteiger partial charge in [0.2, 0.25) is 0 Å². The van der Waals surface area contributed by atoms with Crippen LogP contribution in [0, 0.1) is 50.2 Å². The molecule has 65 heavy (non-hydrogen) atoms. The number of carbonyl (C=O) groups is 2. The van der Waals surface area contributed by atoms with E-state index in [1.807, 2.05) is 6.92 Å². The van der Waals surface area contributed by atoms with Gasteiger partial charge in [-0.1, -0.05) is 46.3 Å². The van der Waals surface area contributed by atoms with Crippen LogP contribution in [0.3, 0.4) is 0 Å². The molecular weight excluding hydrogens is 852 g/mol. The lowest BCUT2D eigenvalue weighted by Gasteiger charge is -2.71. The van der Waals surface area contributed by atoms with Gasteiger partial charge in [-0.15, -0.1) is 0 Å². The van der Waals surface area contributed by atoms with Gasteiger partial charge < -0.3 is 79.1 Å². The van der Waals surface area contributed by atoms with E-state index in [0.29, 0.717) is 12.8 Å². The zero-order valence-corrected chi connectivity index (χ0v) is 38.5. The second kappa shape index (κ2) is 16.4. The largest absolute Gasteiger partial charge is 0.479 e. The van der Waals surface area contributed by atoms with Gasteiger partial charge in [0.1, 0.15) is 61.0 Å². The number of ether oxygens (including phenoxy) is 7. The Balaban J connectivity index is 0.980. The van der Waals surface area contributed by atoms with Gasteiger partial charge in [-0.2, -0.15) is 0 Å². The smallest absolute Gasteiger partial charge is 0.335 e. The topological polar surface area (TPSA) is 281 Å². The zero-order chi connectivity index (χ0) is 47.1. The highest BCUT2D eigenvalue weighted by molar-refractivity contribution is 5.79. The zero-order valence-electron chi connectivity index (χ0n) is 38.5. The molecule has 4 heterocycles. The van der Waals surface area contributed by atoms with Crippen molar-refractivity contribution in [3.05, 3.63) is 11.6 Å². The van der Waals surface area contributed by atoms with E-state index in [0.717, 1.165) is 44.9 Å². The molecule has 8 fully saturated rings. The van der Waals surface area contributed by atoms with E-state index in [4.69, 9.17) is 33.2 Å². The Morgan fingerprint density at radius 2 is 1.43 bits per heavy atom. The van der Waals surface area contributed by atoms with Crippen LogP contribution >= 0.6 is 0 Å². The molecule has 0 amide bonds. The first-order valence-corrected chi connectivity index (χ1v) is 23.8. The number of carbonyl (C=O) groups excluding carboxylic acids is 1. The van der Waals surface area contributed by atoms with Crippen LogP contribution in [-0.2, 0) is 42.7 Å². The lowest BCUT2D eigenvalue weighted by molar-refractivity contribution is -0.387. The summed E-state index contributed by atoms with van der Waals surface area (Å²) in [6.07, 6.45) is -14.7. The molecule has 0 aromatic rings. The summed E-state index contributed by atoms with van der Waals surface area (Å²) in [6.45, 7) is 14.3. The molecule has 18 heteroatoms. The quantitative estimate of drug-likeness (QED) is 0.0929. The maximum Gasteiger partial charge on any atom is 0.335 e. The number of hydrogen-bond donors (Lipinski definition) is 9. The average Bonchev–Trinajstić information content (AvgIpc) is 3.52. The number of aliphatic hydroxyl groups excluding tert-OH is 8. The SMILES string of the molecule is C[C@@H]1O[C@@H](O[C@H]2[C@H](O[C@H]3[C@H](O[C@H]4CC[C@@]5(C)[C@@H](CC[C@]6(C)[C@@H]5CC=C5[C@@H]7C[C@]8(C)C[C@@H](OC8=O)[C@]7(C)CC[C@]56C)[C@@]4(C)CO)O[C@H](C(=O)O)[C@@H](O)[C@@H]3O)OC[C@H](O)[C@@H]2O)[C@H](O)[C@H](O)[C@H]1O. The maximum atomic E-state index is 13.2. The van der Waals surface area contributed by atoms with E-state index in [9.17, 15) is 55.5 Å². The van der Waals surface area contributed by atoms with Crippen molar-refractivity contribution in [2.75, 3.05) is 13.2 Å². The second-order valence-corrected chi connectivity index (χ2v) is 22.9. The Hall–Kier alpha value is -1.88. The number of fused-ring (bicyclic) bond motifs is 10. The third-order valence-electron chi connectivity index (χ3n) is 19.6. The summed E-state index contributed by atoms with van der Waals surface area (Å²) in [5.74, 6) is -1.22. The molecule has 9 N–H and O–H groups in total. The van der Waals surface area contributed by atoms with E-state index >= 15 is 0 Å². The molecule has 0 spiro atoms.